The molecule has 0 saturated carbocycles. The number of halogens is 2. The van der Waals surface area contributed by atoms with Crippen LogP contribution in [0.3, 0.4) is 0 Å². The molecular formula is C13H8F2N2O2S. The highest BCUT2D eigenvalue weighted by Crippen LogP contribution is 2.31. The van der Waals surface area contributed by atoms with E-state index in [1.54, 1.807) is 6.92 Å². The van der Waals surface area contributed by atoms with Crippen LogP contribution in [0.4, 0.5) is 8.78 Å². The van der Waals surface area contributed by atoms with Crippen molar-refractivity contribution in [2.24, 2.45) is 0 Å². The number of nitrogens with zero attached hydrogens (tertiary/aromatic N) is 2. The number of carboxylic acid groups (broad SMARTS) is 1. The molecule has 0 unspecified atom stereocenters. The SMILES string of the molecule is Cc1nn(-c2ccc(F)cc2F)c2sc(C(=O)O)cc12. The van der Waals surface area contributed by atoms with Gasteiger partial charge in [0, 0.05) is 11.5 Å². The van der Waals surface area contributed by atoms with Gasteiger partial charge < -0.3 is 5.11 Å². The maximum absolute atomic E-state index is 13.8. The summed E-state index contributed by atoms with van der Waals surface area (Å²) in [5.74, 6) is -2.47. The number of aromatic carboxylic acids is 1. The van der Waals surface area contributed by atoms with E-state index in [0.29, 0.717) is 15.9 Å². The highest BCUT2D eigenvalue weighted by Gasteiger charge is 2.18. The number of benzene rings is 1. The van der Waals surface area contributed by atoms with Crippen LogP contribution in [-0.4, -0.2) is 20.9 Å². The second-order valence-electron chi connectivity index (χ2n) is 4.23. The van der Waals surface area contributed by atoms with Crippen molar-refractivity contribution in [3.63, 3.8) is 0 Å². The van der Waals surface area contributed by atoms with Crippen LogP contribution in [0.1, 0.15) is 15.4 Å². The summed E-state index contributed by atoms with van der Waals surface area (Å²) in [7, 11) is 0. The zero-order chi connectivity index (χ0) is 14.4. The Kier molecular flexibility index (Phi) is 2.79. The maximum Gasteiger partial charge on any atom is 0.345 e. The Balaban J connectivity index is 2.28. The number of rotatable bonds is 2. The second-order valence-corrected chi connectivity index (χ2v) is 5.26. The maximum atomic E-state index is 13.8. The predicted molar refractivity (Wildman–Crippen MR) is 70.6 cm³/mol. The minimum Gasteiger partial charge on any atom is -0.477 e. The van der Waals surface area contributed by atoms with Gasteiger partial charge in [0.2, 0.25) is 0 Å². The fraction of sp³-hybridized carbons (Fsp3) is 0.0769. The number of carboxylic acids is 1. The van der Waals surface area contributed by atoms with Crippen molar-refractivity contribution in [2.75, 3.05) is 0 Å². The Morgan fingerprint density at radius 3 is 2.75 bits per heavy atom. The Hall–Kier alpha value is -2.28. The fourth-order valence-corrected chi connectivity index (χ4v) is 2.98. The molecule has 0 aliphatic heterocycles. The van der Waals surface area contributed by atoms with Crippen LogP contribution in [0, 0.1) is 18.6 Å². The number of hydrogen-bond acceptors (Lipinski definition) is 3. The second kappa shape index (κ2) is 4.38. The van der Waals surface area contributed by atoms with E-state index in [9.17, 15) is 13.6 Å². The zero-order valence-electron chi connectivity index (χ0n) is 10.2. The van der Waals surface area contributed by atoms with Crippen LogP contribution < -0.4 is 0 Å². The van der Waals surface area contributed by atoms with Crippen molar-refractivity contribution < 1.29 is 18.7 Å². The van der Waals surface area contributed by atoms with Crippen molar-refractivity contribution in [2.45, 2.75) is 6.92 Å². The standard InChI is InChI=1S/C13H8F2N2O2S/c1-6-8-5-11(13(18)19)20-12(8)17(16-6)10-3-2-7(14)4-9(10)15/h2-5H,1H3,(H,18,19). The number of aromatic nitrogens is 2. The molecule has 2 aromatic heterocycles. The van der Waals surface area contributed by atoms with Gasteiger partial charge in [-0.05, 0) is 25.1 Å². The van der Waals surface area contributed by atoms with Gasteiger partial charge in [-0.3, -0.25) is 0 Å². The molecule has 0 amide bonds. The highest BCUT2D eigenvalue weighted by molar-refractivity contribution is 7.20. The molecule has 1 aromatic carbocycles. The Bertz CT molecular complexity index is 838. The van der Waals surface area contributed by atoms with Crippen LogP contribution in [0.2, 0.25) is 0 Å². The average Bonchev–Trinajstić information content (AvgIpc) is 2.91. The van der Waals surface area contributed by atoms with E-state index < -0.39 is 17.6 Å². The van der Waals surface area contributed by atoms with Crippen LogP contribution in [-0.2, 0) is 0 Å². The zero-order valence-corrected chi connectivity index (χ0v) is 11.0. The van der Waals surface area contributed by atoms with Crippen LogP contribution >= 0.6 is 11.3 Å². The lowest BCUT2D eigenvalue weighted by Gasteiger charge is -2.03. The quantitative estimate of drug-likeness (QED) is 0.788. The number of fused-ring (bicyclic) bond motifs is 1. The highest BCUT2D eigenvalue weighted by atomic mass is 32.1. The topological polar surface area (TPSA) is 55.1 Å². The van der Waals surface area contributed by atoms with E-state index in [1.807, 2.05) is 0 Å². The molecule has 0 aliphatic rings. The largest absolute Gasteiger partial charge is 0.477 e. The first-order valence-electron chi connectivity index (χ1n) is 5.65. The van der Waals surface area contributed by atoms with Gasteiger partial charge in [0.25, 0.3) is 0 Å². The molecule has 3 rings (SSSR count). The molecule has 0 fully saturated rings. The molecule has 0 spiro atoms. The lowest BCUT2D eigenvalue weighted by Crippen LogP contribution is -2.00. The van der Waals surface area contributed by atoms with E-state index in [2.05, 4.69) is 5.10 Å². The van der Waals surface area contributed by atoms with Gasteiger partial charge in [-0.2, -0.15) is 5.10 Å². The number of thiophene rings is 1. The number of hydrogen-bond donors (Lipinski definition) is 1. The third-order valence-corrected chi connectivity index (χ3v) is 3.99. The van der Waals surface area contributed by atoms with E-state index in [0.717, 1.165) is 23.5 Å². The van der Waals surface area contributed by atoms with Gasteiger partial charge in [0.15, 0.2) is 5.82 Å². The molecule has 2 heterocycles. The molecule has 0 saturated heterocycles. The first kappa shape index (κ1) is 12.7. The molecular weight excluding hydrogens is 286 g/mol. The van der Waals surface area contributed by atoms with Gasteiger partial charge in [0.1, 0.15) is 21.2 Å². The van der Waals surface area contributed by atoms with Crippen molar-refractivity contribution in [1.29, 1.82) is 0 Å². The molecule has 0 atom stereocenters. The number of aryl methyl sites for hydroxylation is 1. The van der Waals surface area contributed by atoms with Gasteiger partial charge in [-0.15, -0.1) is 11.3 Å². The van der Waals surface area contributed by atoms with E-state index >= 15 is 0 Å². The van der Waals surface area contributed by atoms with Gasteiger partial charge in [-0.1, -0.05) is 0 Å². The Morgan fingerprint density at radius 1 is 1.35 bits per heavy atom. The first-order chi connectivity index (χ1) is 9.47. The minimum atomic E-state index is -1.04. The van der Waals surface area contributed by atoms with Crippen LogP contribution in [0.15, 0.2) is 24.3 Å². The number of carbonyl (C=O) groups is 1. The fourth-order valence-electron chi connectivity index (χ4n) is 1.97. The van der Waals surface area contributed by atoms with Crippen molar-refractivity contribution >= 4 is 27.5 Å². The molecule has 0 aliphatic carbocycles. The normalized spacial score (nSPS) is 11.2. The molecule has 1 N–H and O–H groups in total. The monoisotopic (exact) mass is 294 g/mol. The van der Waals surface area contributed by atoms with Gasteiger partial charge in [-0.25, -0.2) is 18.3 Å². The summed E-state index contributed by atoms with van der Waals surface area (Å²) in [6.45, 7) is 1.71. The predicted octanol–water partition coefficient (Wildman–Crippen LogP) is 3.37. The summed E-state index contributed by atoms with van der Waals surface area (Å²) in [4.78, 5) is 11.7. The summed E-state index contributed by atoms with van der Waals surface area (Å²) in [5, 5.41) is 13.8. The third kappa shape index (κ3) is 1.87. The van der Waals surface area contributed by atoms with Crippen molar-refractivity contribution in [3.8, 4) is 5.69 Å². The smallest absolute Gasteiger partial charge is 0.345 e. The van der Waals surface area contributed by atoms with Gasteiger partial charge >= 0.3 is 5.97 Å². The molecule has 20 heavy (non-hydrogen) atoms. The lowest BCUT2D eigenvalue weighted by molar-refractivity contribution is 0.0702. The summed E-state index contributed by atoms with van der Waals surface area (Å²) in [5.41, 5.74) is 0.677. The minimum absolute atomic E-state index is 0.0864. The average molecular weight is 294 g/mol. The molecule has 7 heteroatoms. The van der Waals surface area contributed by atoms with Crippen molar-refractivity contribution in [3.05, 3.63) is 46.5 Å². The summed E-state index contributed by atoms with van der Waals surface area (Å²) in [6, 6.07) is 4.68. The van der Waals surface area contributed by atoms with Gasteiger partial charge in [0.05, 0.1) is 5.69 Å². The molecule has 0 bridgehead atoms. The van der Waals surface area contributed by atoms with E-state index in [4.69, 9.17) is 5.11 Å². The Morgan fingerprint density at radius 2 is 2.10 bits per heavy atom. The molecule has 3 aromatic rings. The third-order valence-electron chi connectivity index (χ3n) is 2.89. The molecule has 102 valence electrons. The summed E-state index contributed by atoms with van der Waals surface area (Å²) >= 11 is 1.00. The molecule has 0 radical (unpaired) electrons. The van der Waals surface area contributed by atoms with Crippen LogP contribution in [0.25, 0.3) is 15.9 Å². The summed E-state index contributed by atoms with van der Waals surface area (Å²) < 4.78 is 28.1. The lowest BCUT2D eigenvalue weighted by atomic mass is 10.3. The Labute approximate surface area is 115 Å². The van der Waals surface area contributed by atoms with Crippen LogP contribution in [0.5, 0.6) is 0 Å². The van der Waals surface area contributed by atoms with E-state index in [-0.39, 0.29) is 10.6 Å². The van der Waals surface area contributed by atoms with E-state index in [1.165, 1.54) is 16.8 Å². The first-order valence-corrected chi connectivity index (χ1v) is 6.47. The van der Waals surface area contributed by atoms with Crippen molar-refractivity contribution in [1.82, 2.24) is 9.78 Å². The summed E-state index contributed by atoms with van der Waals surface area (Å²) in [6.07, 6.45) is 0. The molecule has 4 nitrogen and oxygen atoms in total.